The Morgan fingerprint density at radius 1 is 1.00 bits per heavy atom. The number of hydrogen-bond donors (Lipinski definition) is 2. The number of carbonyl (C=O) groups excluding carboxylic acids is 1. The highest BCUT2D eigenvalue weighted by Gasteiger charge is 2.32. The standard InChI is InChI=1S/C35H46FN3O8S2/c1-24-9-14-31(15-10-24)49(44,45)38(5)22-34-25(2)21-39(26(3)23-40)35(41)32-20-29(37-48(42,43)30-16-11-28(36)12-17-30)13-18-33(32)47-27(4)8-6-7-19-46-34/h9-18,20,25-27,34,37,40H,6-8,19,21-23H2,1-5H3/t25-,26-,27-,34+/m0/s1. The first-order chi connectivity index (χ1) is 23.1. The molecule has 0 bridgehead atoms. The molecule has 2 N–H and O–H groups in total. The second kappa shape index (κ2) is 16.4. The highest BCUT2D eigenvalue weighted by atomic mass is 32.2. The van der Waals surface area contributed by atoms with Crippen molar-refractivity contribution in [1.29, 1.82) is 0 Å². The number of fused-ring (bicyclic) bond motifs is 1. The molecular weight excluding hydrogens is 674 g/mol. The van der Waals surface area contributed by atoms with Gasteiger partial charge in [0.2, 0.25) is 10.0 Å². The van der Waals surface area contributed by atoms with Crippen LogP contribution in [-0.2, 0) is 24.8 Å². The van der Waals surface area contributed by atoms with Gasteiger partial charge < -0.3 is 19.5 Å². The van der Waals surface area contributed by atoms with Gasteiger partial charge in [-0.1, -0.05) is 24.6 Å². The molecule has 0 fully saturated rings. The number of hydrogen-bond acceptors (Lipinski definition) is 8. The van der Waals surface area contributed by atoms with Crippen LogP contribution >= 0.6 is 0 Å². The fourth-order valence-electron chi connectivity index (χ4n) is 5.52. The number of benzene rings is 3. The summed E-state index contributed by atoms with van der Waals surface area (Å²) in [7, 11) is -6.46. The second-order valence-electron chi connectivity index (χ2n) is 12.7. The molecule has 0 radical (unpaired) electrons. The lowest BCUT2D eigenvalue weighted by Crippen LogP contribution is -2.48. The summed E-state index contributed by atoms with van der Waals surface area (Å²) in [6.45, 7) is 7.41. The molecule has 3 aromatic rings. The third-order valence-electron chi connectivity index (χ3n) is 8.59. The monoisotopic (exact) mass is 719 g/mol. The molecule has 1 aliphatic heterocycles. The summed E-state index contributed by atoms with van der Waals surface area (Å²) in [6.07, 6.45) is 1.16. The Balaban J connectivity index is 1.67. The lowest BCUT2D eigenvalue weighted by Gasteiger charge is -2.35. The number of ether oxygens (including phenoxy) is 2. The maximum atomic E-state index is 14.4. The molecule has 3 aromatic carbocycles. The molecule has 1 aliphatic rings. The zero-order valence-corrected chi connectivity index (χ0v) is 30.1. The molecule has 0 unspecified atom stereocenters. The quantitative estimate of drug-likeness (QED) is 0.313. The van der Waals surface area contributed by atoms with Crippen molar-refractivity contribution in [2.45, 2.75) is 75.0 Å². The Morgan fingerprint density at radius 2 is 1.65 bits per heavy atom. The lowest BCUT2D eigenvalue weighted by atomic mass is 10.0. The van der Waals surface area contributed by atoms with E-state index in [4.69, 9.17) is 9.47 Å². The maximum Gasteiger partial charge on any atom is 0.261 e. The summed E-state index contributed by atoms with van der Waals surface area (Å²) < 4.78 is 82.8. The number of carbonyl (C=O) groups is 1. The smallest absolute Gasteiger partial charge is 0.261 e. The van der Waals surface area contributed by atoms with E-state index in [9.17, 15) is 31.1 Å². The van der Waals surface area contributed by atoms with Crippen LogP contribution in [-0.4, -0.2) is 88.7 Å². The van der Waals surface area contributed by atoms with E-state index in [1.807, 2.05) is 20.8 Å². The summed E-state index contributed by atoms with van der Waals surface area (Å²) >= 11 is 0. The topological polar surface area (TPSA) is 143 Å². The minimum Gasteiger partial charge on any atom is -0.490 e. The van der Waals surface area contributed by atoms with Gasteiger partial charge in [-0.3, -0.25) is 9.52 Å². The number of nitrogens with one attached hydrogen (secondary N) is 1. The molecule has 11 nitrogen and oxygen atoms in total. The van der Waals surface area contributed by atoms with Crippen molar-refractivity contribution in [3.63, 3.8) is 0 Å². The molecule has 0 aliphatic carbocycles. The predicted octanol–water partition coefficient (Wildman–Crippen LogP) is 5.05. The van der Waals surface area contributed by atoms with E-state index in [0.717, 1.165) is 36.2 Å². The number of aliphatic hydroxyl groups excluding tert-OH is 1. The minimum atomic E-state index is -4.12. The molecule has 4 atom stereocenters. The summed E-state index contributed by atoms with van der Waals surface area (Å²) in [5, 5.41) is 10.2. The van der Waals surface area contributed by atoms with E-state index in [0.29, 0.717) is 19.4 Å². The summed E-state index contributed by atoms with van der Waals surface area (Å²) in [5.41, 5.74) is 1.10. The van der Waals surface area contributed by atoms with Crippen LogP contribution in [0, 0.1) is 18.7 Å². The van der Waals surface area contributed by atoms with Crippen LogP contribution in [0.5, 0.6) is 5.75 Å². The maximum absolute atomic E-state index is 14.4. The molecule has 14 heteroatoms. The van der Waals surface area contributed by atoms with Gasteiger partial charge in [0, 0.05) is 38.3 Å². The van der Waals surface area contributed by atoms with Crippen LogP contribution in [0.3, 0.4) is 0 Å². The van der Waals surface area contributed by atoms with Gasteiger partial charge in [0.1, 0.15) is 11.6 Å². The molecule has 4 rings (SSSR count). The number of nitrogens with zero attached hydrogens (tertiary/aromatic N) is 2. The van der Waals surface area contributed by atoms with Crippen LogP contribution in [0.15, 0.2) is 76.5 Å². The number of halogens is 1. The Bertz CT molecular complexity index is 1790. The van der Waals surface area contributed by atoms with E-state index < -0.39 is 43.9 Å². The molecule has 0 aromatic heterocycles. The van der Waals surface area contributed by atoms with E-state index in [2.05, 4.69) is 4.72 Å². The van der Waals surface area contributed by atoms with E-state index in [1.54, 1.807) is 31.2 Å². The van der Waals surface area contributed by atoms with Crippen LogP contribution in [0.2, 0.25) is 0 Å². The zero-order valence-electron chi connectivity index (χ0n) is 28.5. The first-order valence-electron chi connectivity index (χ1n) is 16.3. The van der Waals surface area contributed by atoms with Crippen molar-refractivity contribution in [2.75, 3.05) is 38.1 Å². The van der Waals surface area contributed by atoms with Gasteiger partial charge in [-0.05, 0) is 94.6 Å². The van der Waals surface area contributed by atoms with Gasteiger partial charge in [0.05, 0.1) is 40.2 Å². The molecule has 0 saturated carbocycles. The van der Waals surface area contributed by atoms with Gasteiger partial charge >= 0.3 is 0 Å². The second-order valence-corrected chi connectivity index (χ2v) is 16.4. The number of sulfonamides is 2. The van der Waals surface area contributed by atoms with Crippen LogP contribution < -0.4 is 9.46 Å². The fraction of sp³-hybridized carbons (Fsp3) is 0.457. The first-order valence-corrected chi connectivity index (χ1v) is 19.2. The third kappa shape index (κ3) is 9.79. The SMILES string of the molecule is Cc1ccc(S(=O)(=O)N(C)C[C@H]2OCCCC[C@H](C)Oc3ccc(NS(=O)(=O)c4ccc(F)cc4)cc3C(=O)N([C@@H](C)CO)C[C@@H]2C)cc1. The van der Waals surface area contributed by atoms with Crippen molar-refractivity contribution in [3.05, 3.63) is 83.7 Å². The van der Waals surface area contributed by atoms with Crippen molar-refractivity contribution < 1.29 is 40.6 Å². The average molecular weight is 720 g/mol. The molecule has 0 spiro atoms. The lowest BCUT2D eigenvalue weighted by molar-refractivity contribution is -0.00833. The Kier molecular flexibility index (Phi) is 12.8. The number of aliphatic hydroxyl groups is 1. The van der Waals surface area contributed by atoms with Crippen LogP contribution in [0.1, 0.15) is 56.0 Å². The Morgan fingerprint density at radius 3 is 2.31 bits per heavy atom. The van der Waals surface area contributed by atoms with Gasteiger partial charge in [0.25, 0.3) is 15.9 Å². The van der Waals surface area contributed by atoms with Gasteiger partial charge in [-0.25, -0.2) is 21.2 Å². The highest BCUT2D eigenvalue weighted by Crippen LogP contribution is 2.30. The predicted molar refractivity (Wildman–Crippen MR) is 185 cm³/mol. The first kappa shape index (κ1) is 38.2. The number of likely N-dealkylation sites (N-methyl/N-ethyl adjacent to an activating group) is 1. The molecule has 49 heavy (non-hydrogen) atoms. The number of rotatable bonds is 9. The van der Waals surface area contributed by atoms with Crippen molar-refractivity contribution in [3.8, 4) is 5.75 Å². The van der Waals surface area contributed by atoms with Gasteiger partial charge in [-0.2, -0.15) is 4.31 Å². The normalized spacial score (nSPS) is 20.6. The zero-order chi connectivity index (χ0) is 35.9. The van der Waals surface area contributed by atoms with Crippen molar-refractivity contribution in [2.24, 2.45) is 5.92 Å². The Labute approximate surface area is 289 Å². The van der Waals surface area contributed by atoms with Crippen molar-refractivity contribution in [1.82, 2.24) is 9.21 Å². The highest BCUT2D eigenvalue weighted by molar-refractivity contribution is 7.92. The fourth-order valence-corrected chi connectivity index (χ4v) is 7.75. The average Bonchev–Trinajstić information content (AvgIpc) is 3.06. The Hall–Kier alpha value is -3.56. The molecular formula is C35H46FN3O8S2. The molecule has 0 saturated heterocycles. The van der Waals surface area contributed by atoms with Gasteiger partial charge in [0.15, 0.2) is 0 Å². The summed E-state index contributed by atoms with van der Waals surface area (Å²) in [4.78, 5) is 15.8. The van der Waals surface area contributed by atoms with Crippen molar-refractivity contribution >= 4 is 31.6 Å². The molecule has 268 valence electrons. The van der Waals surface area contributed by atoms with Crippen LogP contribution in [0.25, 0.3) is 0 Å². The summed E-state index contributed by atoms with van der Waals surface area (Å²) in [5.74, 6) is -1.24. The molecule has 1 heterocycles. The number of amides is 1. The minimum absolute atomic E-state index is 0.0261. The van der Waals surface area contributed by atoms with E-state index >= 15 is 0 Å². The number of aryl methyl sites for hydroxylation is 1. The summed E-state index contributed by atoms with van der Waals surface area (Å²) in [6, 6.07) is 14.7. The third-order valence-corrected chi connectivity index (χ3v) is 11.8. The largest absolute Gasteiger partial charge is 0.490 e. The van der Waals surface area contributed by atoms with E-state index in [1.165, 1.54) is 34.5 Å². The van der Waals surface area contributed by atoms with Crippen LogP contribution in [0.4, 0.5) is 10.1 Å². The van der Waals surface area contributed by atoms with E-state index in [-0.39, 0.29) is 58.5 Å². The molecule has 1 amide bonds. The van der Waals surface area contributed by atoms with Gasteiger partial charge in [-0.15, -0.1) is 0 Å². The number of anilines is 1.